The minimum atomic E-state index is 0.766. The molecule has 0 amide bonds. The van der Waals surface area contributed by atoms with Gasteiger partial charge in [-0.1, -0.05) is 57.9 Å². The molecule has 1 heteroatoms. The van der Waals surface area contributed by atoms with E-state index >= 15 is 0 Å². The van der Waals surface area contributed by atoms with Gasteiger partial charge in [-0.3, -0.25) is 0 Å². The Labute approximate surface area is 119 Å². The number of nitrogens with one attached hydrogen (secondary N) is 1. The summed E-state index contributed by atoms with van der Waals surface area (Å²) in [5, 5.41) is 3.54. The van der Waals surface area contributed by atoms with Crippen molar-refractivity contribution in [3.8, 4) is 0 Å². The summed E-state index contributed by atoms with van der Waals surface area (Å²) >= 11 is 0. The fourth-order valence-corrected chi connectivity index (χ4v) is 2.92. The molecule has 1 aromatic rings. The van der Waals surface area contributed by atoms with Gasteiger partial charge in [-0.2, -0.15) is 0 Å². The summed E-state index contributed by atoms with van der Waals surface area (Å²) in [6.45, 7) is 11.3. The van der Waals surface area contributed by atoms with Crippen molar-refractivity contribution in [2.75, 3.05) is 13.1 Å². The third-order valence-corrected chi connectivity index (χ3v) is 3.97. The van der Waals surface area contributed by atoms with Gasteiger partial charge in [0.25, 0.3) is 0 Å². The number of rotatable bonds is 9. The second-order valence-corrected chi connectivity index (χ2v) is 5.93. The third-order valence-electron chi connectivity index (χ3n) is 3.97. The molecule has 1 nitrogen and oxygen atoms in total. The fourth-order valence-electron chi connectivity index (χ4n) is 2.92. The quantitative estimate of drug-likeness (QED) is 0.685. The van der Waals surface area contributed by atoms with Crippen LogP contribution < -0.4 is 5.32 Å². The van der Waals surface area contributed by atoms with E-state index in [2.05, 4.69) is 57.3 Å². The minimum absolute atomic E-state index is 0.766. The fraction of sp³-hybridized carbons (Fsp3) is 0.667. The van der Waals surface area contributed by atoms with Gasteiger partial charge in [-0.05, 0) is 55.8 Å². The Hall–Kier alpha value is -0.820. The Morgan fingerprint density at radius 1 is 1.16 bits per heavy atom. The van der Waals surface area contributed by atoms with Gasteiger partial charge in [-0.25, -0.2) is 0 Å². The molecule has 0 saturated carbocycles. The summed E-state index contributed by atoms with van der Waals surface area (Å²) in [7, 11) is 0. The molecule has 0 saturated heterocycles. The van der Waals surface area contributed by atoms with Gasteiger partial charge in [0.15, 0.2) is 0 Å². The lowest BCUT2D eigenvalue weighted by Crippen LogP contribution is -2.25. The van der Waals surface area contributed by atoms with E-state index in [9.17, 15) is 0 Å². The molecule has 2 atom stereocenters. The van der Waals surface area contributed by atoms with E-state index in [0.29, 0.717) is 0 Å². The van der Waals surface area contributed by atoms with Crippen LogP contribution in [0.2, 0.25) is 0 Å². The number of hydrogen-bond acceptors (Lipinski definition) is 1. The van der Waals surface area contributed by atoms with Gasteiger partial charge < -0.3 is 5.32 Å². The Morgan fingerprint density at radius 2 is 1.89 bits per heavy atom. The van der Waals surface area contributed by atoms with E-state index in [-0.39, 0.29) is 0 Å². The highest BCUT2D eigenvalue weighted by molar-refractivity contribution is 5.25. The average molecular weight is 261 g/mol. The first-order chi connectivity index (χ1) is 9.17. The molecule has 1 N–H and O–H groups in total. The van der Waals surface area contributed by atoms with Gasteiger partial charge in [0.2, 0.25) is 0 Å². The van der Waals surface area contributed by atoms with E-state index in [1.807, 2.05) is 0 Å². The molecule has 0 fully saturated rings. The van der Waals surface area contributed by atoms with Gasteiger partial charge in [0, 0.05) is 0 Å². The lowest BCUT2D eigenvalue weighted by Gasteiger charge is -2.22. The Morgan fingerprint density at radius 3 is 2.53 bits per heavy atom. The molecule has 19 heavy (non-hydrogen) atoms. The smallest absolute Gasteiger partial charge is 0.00173 e. The Kier molecular flexibility index (Phi) is 7.81. The van der Waals surface area contributed by atoms with Crippen LogP contribution in [0.4, 0.5) is 0 Å². The molecule has 108 valence electrons. The topological polar surface area (TPSA) is 12.0 Å². The highest BCUT2D eigenvalue weighted by Gasteiger charge is 2.14. The third kappa shape index (κ3) is 6.24. The lowest BCUT2D eigenvalue weighted by molar-refractivity contribution is 0.356. The van der Waals surface area contributed by atoms with Gasteiger partial charge >= 0.3 is 0 Å². The molecule has 1 aromatic carbocycles. The molecule has 0 aliphatic rings. The van der Waals surface area contributed by atoms with Gasteiger partial charge in [-0.15, -0.1) is 0 Å². The van der Waals surface area contributed by atoms with Crippen LogP contribution in [0, 0.1) is 18.8 Å². The van der Waals surface area contributed by atoms with Crippen molar-refractivity contribution in [1.29, 1.82) is 0 Å². The van der Waals surface area contributed by atoms with E-state index in [1.54, 1.807) is 0 Å². The molecule has 0 spiro atoms. The Bertz CT molecular complexity index is 345. The largest absolute Gasteiger partial charge is 0.317 e. The second kappa shape index (κ2) is 9.14. The zero-order valence-corrected chi connectivity index (χ0v) is 13.2. The minimum Gasteiger partial charge on any atom is -0.317 e. The maximum Gasteiger partial charge on any atom is -0.00173 e. The molecule has 2 unspecified atom stereocenters. The molecule has 0 aliphatic carbocycles. The molecular formula is C18H31N. The number of hydrogen-bond donors (Lipinski definition) is 1. The average Bonchev–Trinajstić information content (AvgIpc) is 2.39. The molecule has 0 aromatic heterocycles. The molecule has 0 heterocycles. The van der Waals surface area contributed by atoms with Gasteiger partial charge in [0.05, 0.1) is 0 Å². The zero-order valence-electron chi connectivity index (χ0n) is 13.2. The summed E-state index contributed by atoms with van der Waals surface area (Å²) in [6, 6.07) is 8.83. The number of benzene rings is 1. The zero-order chi connectivity index (χ0) is 14.1. The van der Waals surface area contributed by atoms with Crippen LogP contribution in [0.3, 0.4) is 0 Å². The normalized spacial score (nSPS) is 14.3. The summed E-state index contributed by atoms with van der Waals surface area (Å²) in [5.41, 5.74) is 2.96. The maximum atomic E-state index is 3.54. The predicted octanol–water partition coefficient (Wildman–Crippen LogP) is 4.59. The highest BCUT2D eigenvalue weighted by atomic mass is 14.8. The summed E-state index contributed by atoms with van der Waals surface area (Å²) in [5.74, 6) is 1.61. The van der Waals surface area contributed by atoms with Crippen LogP contribution in [0.5, 0.6) is 0 Å². The molecule has 0 bridgehead atoms. The van der Waals surface area contributed by atoms with Crippen LogP contribution in [0.15, 0.2) is 24.3 Å². The van der Waals surface area contributed by atoms with Crippen LogP contribution in [0.1, 0.15) is 51.2 Å². The van der Waals surface area contributed by atoms with Crippen LogP contribution in [-0.4, -0.2) is 13.1 Å². The number of aryl methyl sites for hydroxylation is 1. The van der Waals surface area contributed by atoms with Crippen molar-refractivity contribution in [1.82, 2.24) is 5.32 Å². The van der Waals surface area contributed by atoms with Crippen LogP contribution in [-0.2, 0) is 6.42 Å². The van der Waals surface area contributed by atoms with E-state index in [0.717, 1.165) is 24.9 Å². The predicted molar refractivity (Wildman–Crippen MR) is 85.6 cm³/mol. The maximum absolute atomic E-state index is 3.54. The first-order valence-electron chi connectivity index (χ1n) is 7.92. The van der Waals surface area contributed by atoms with E-state index in [1.165, 1.54) is 36.8 Å². The van der Waals surface area contributed by atoms with E-state index < -0.39 is 0 Å². The second-order valence-electron chi connectivity index (χ2n) is 5.93. The van der Waals surface area contributed by atoms with Crippen LogP contribution >= 0.6 is 0 Å². The van der Waals surface area contributed by atoms with Crippen molar-refractivity contribution in [2.24, 2.45) is 11.8 Å². The van der Waals surface area contributed by atoms with Crippen molar-refractivity contribution < 1.29 is 0 Å². The SMILES string of the molecule is CCCC(C)CC(CNCC)Cc1ccccc1C. The van der Waals surface area contributed by atoms with Crippen molar-refractivity contribution in [3.05, 3.63) is 35.4 Å². The van der Waals surface area contributed by atoms with Gasteiger partial charge in [0.1, 0.15) is 0 Å². The van der Waals surface area contributed by atoms with E-state index in [4.69, 9.17) is 0 Å². The molecule has 0 aliphatic heterocycles. The molecule has 0 radical (unpaired) electrons. The standard InChI is InChI=1S/C18H31N/c1-5-9-15(3)12-17(14-19-6-2)13-18-11-8-7-10-16(18)4/h7-8,10-11,15,17,19H,5-6,9,12-14H2,1-4H3. The summed E-state index contributed by atoms with van der Waals surface area (Å²) < 4.78 is 0. The van der Waals surface area contributed by atoms with Crippen molar-refractivity contribution in [3.63, 3.8) is 0 Å². The van der Waals surface area contributed by atoms with Crippen molar-refractivity contribution in [2.45, 2.75) is 53.4 Å². The lowest BCUT2D eigenvalue weighted by atomic mass is 9.87. The molecular weight excluding hydrogens is 230 g/mol. The summed E-state index contributed by atoms with van der Waals surface area (Å²) in [4.78, 5) is 0. The first kappa shape index (κ1) is 16.2. The monoisotopic (exact) mass is 261 g/mol. The molecule has 1 rings (SSSR count). The summed E-state index contributed by atoms with van der Waals surface area (Å²) in [6.07, 6.45) is 5.22. The Balaban J connectivity index is 2.60. The highest BCUT2D eigenvalue weighted by Crippen LogP contribution is 2.21. The first-order valence-corrected chi connectivity index (χ1v) is 7.92. The van der Waals surface area contributed by atoms with Crippen molar-refractivity contribution >= 4 is 0 Å². The van der Waals surface area contributed by atoms with Crippen LogP contribution in [0.25, 0.3) is 0 Å².